The molecule has 0 fully saturated rings. The number of hydrogen-bond donors (Lipinski definition) is 0. The van der Waals surface area contributed by atoms with Crippen molar-refractivity contribution in [2.45, 2.75) is 27.7 Å². The van der Waals surface area contributed by atoms with Gasteiger partial charge in [-0.2, -0.15) is 0 Å². The second kappa shape index (κ2) is 4.37. The summed E-state index contributed by atoms with van der Waals surface area (Å²) in [6.45, 7) is 8.53. The Balaban J connectivity index is 4.01. The van der Waals surface area contributed by atoms with Gasteiger partial charge in [-0.3, -0.25) is 0 Å². The minimum Gasteiger partial charge on any atom is -0.0874 e. The Morgan fingerprint density at radius 1 is 1.22 bits per heavy atom. The molecule has 0 atom stereocenters. The zero-order valence-corrected chi connectivity index (χ0v) is 6.81. The average molecular weight is 124 g/mol. The van der Waals surface area contributed by atoms with E-state index in [1.54, 1.807) is 0 Å². The lowest BCUT2D eigenvalue weighted by Gasteiger charge is -2.03. The fraction of sp³-hybridized carbons (Fsp3) is 0.556. The molecule has 0 aromatic carbocycles. The Labute approximate surface area is 58.3 Å². The van der Waals surface area contributed by atoms with Gasteiger partial charge in [0.2, 0.25) is 0 Å². The van der Waals surface area contributed by atoms with Gasteiger partial charge in [0.25, 0.3) is 0 Å². The van der Waals surface area contributed by atoms with Gasteiger partial charge in [0.1, 0.15) is 0 Å². The van der Waals surface area contributed by atoms with Gasteiger partial charge in [-0.25, -0.2) is 0 Å². The Kier molecular flexibility index (Phi) is 4.12. The molecule has 0 radical (unpaired) electrons. The number of rotatable bonds is 2. The highest BCUT2D eigenvalue weighted by atomic mass is 14.0. The zero-order chi connectivity index (χ0) is 7.28. The summed E-state index contributed by atoms with van der Waals surface area (Å²) in [5.41, 5.74) is 1.41. The first-order chi connectivity index (χ1) is 4.22. The fourth-order valence-electron chi connectivity index (χ4n) is 0.814. The molecule has 0 aliphatic heterocycles. The predicted octanol–water partition coefficient (Wildman–Crippen LogP) is 3.16. The molecule has 0 aromatic rings. The molecule has 0 aromatic heterocycles. The largest absolute Gasteiger partial charge is 0.0874 e. The lowest BCUT2D eigenvalue weighted by atomic mass is 10.0. The standard InChI is InChI=1S/C9H16/c1-5-7-9(6-2)8(3)4/h5-8H,1-4H3/b7-5-,9-6-. The van der Waals surface area contributed by atoms with Gasteiger partial charge in [-0.05, 0) is 19.8 Å². The van der Waals surface area contributed by atoms with Gasteiger partial charge in [-0.1, -0.05) is 37.6 Å². The van der Waals surface area contributed by atoms with Crippen LogP contribution in [0.15, 0.2) is 23.8 Å². The van der Waals surface area contributed by atoms with Gasteiger partial charge >= 0.3 is 0 Å². The first-order valence-electron chi connectivity index (χ1n) is 3.51. The molecule has 0 amide bonds. The second-order valence-electron chi connectivity index (χ2n) is 2.44. The summed E-state index contributed by atoms with van der Waals surface area (Å²) in [7, 11) is 0. The molecule has 0 N–H and O–H groups in total. The number of hydrogen-bond acceptors (Lipinski definition) is 0. The van der Waals surface area contributed by atoms with Crippen molar-refractivity contribution in [1.82, 2.24) is 0 Å². The molecule has 0 nitrogen and oxygen atoms in total. The summed E-state index contributed by atoms with van der Waals surface area (Å²) in [6, 6.07) is 0. The monoisotopic (exact) mass is 124 g/mol. The molecule has 0 saturated heterocycles. The minimum atomic E-state index is 0.659. The van der Waals surface area contributed by atoms with Crippen LogP contribution in [0.25, 0.3) is 0 Å². The van der Waals surface area contributed by atoms with Crippen LogP contribution in [0, 0.1) is 5.92 Å². The van der Waals surface area contributed by atoms with E-state index in [0.29, 0.717) is 5.92 Å². The summed E-state index contributed by atoms with van der Waals surface area (Å²) in [5, 5.41) is 0. The van der Waals surface area contributed by atoms with E-state index in [1.165, 1.54) is 5.57 Å². The van der Waals surface area contributed by atoms with Crippen molar-refractivity contribution >= 4 is 0 Å². The third kappa shape index (κ3) is 3.12. The van der Waals surface area contributed by atoms with Crippen LogP contribution >= 0.6 is 0 Å². The van der Waals surface area contributed by atoms with Gasteiger partial charge in [0.05, 0.1) is 0 Å². The summed E-state index contributed by atoms with van der Waals surface area (Å²) in [6.07, 6.45) is 6.39. The molecule has 0 aliphatic carbocycles. The summed E-state index contributed by atoms with van der Waals surface area (Å²) >= 11 is 0. The maximum Gasteiger partial charge on any atom is -0.0222 e. The predicted molar refractivity (Wildman–Crippen MR) is 43.4 cm³/mol. The van der Waals surface area contributed by atoms with Crippen LogP contribution in [0.3, 0.4) is 0 Å². The van der Waals surface area contributed by atoms with Crippen LogP contribution in [0.5, 0.6) is 0 Å². The second-order valence-corrected chi connectivity index (χ2v) is 2.44. The molecule has 0 spiro atoms. The van der Waals surface area contributed by atoms with Crippen molar-refractivity contribution in [2.75, 3.05) is 0 Å². The van der Waals surface area contributed by atoms with Crippen molar-refractivity contribution < 1.29 is 0 Å². The third-order valence-corrected chi connectivity index (χ3v) is 1.36. The summed E-state index contributed by atoms with van der Waals surface area (Å²) in [5.74, 6) is 0.659. The van der Waals surface area contributed by atoms with E-state index in [9.17, 15) is 0 Å². The van der Waals surface area contributed by atoms with Crippen molar-refractivity contribution in [3.05, 3.63) is 23.8 Å². The van der Waals surface area contributed by atoms with Gasteiger partial charge in [0.15, 0.2) is 0 Å². The Hall–Kier alpha value is -0.520. The molecule has 0 bridgehead atoms. The Morgan fingerprint density at radius 2 is 1.78 bits per heavy atom. The average Bonchev–Trinajstić information content (AvgIpc) is 1.82. The molecule has 0 unspecified atom stereocenters. The molecular formula is C9H16. The van der Waals surface area contributed by atoms with Crippen LogP contribution in [-0.2, 0) is 0 Å². The van der Waals surface area contributed by atoms with E-state index >= 15 is 0 Å². The van der Waals surface area contributed by atoms with Crippen LogP contribution in [0.4, 0.5) is 0 Å². The molecular weight excluding hydrogens is 108 g/mol. The molecule has 52 valence electrons. The van der Waals surface area contributed by atoms with Gasteiger partial charge in [0, 0.05) is 0 Å². The van der Waals surface area contributed by atoms with Crippen LogP contribution < -0.4 is 0 Å². The molecule has 0 rings (SSSR count). The van der Waals surface area contributed by atoms with E-state index in [2.05, 4.69) is 39.0 Å². The van der Waals surface area contributed by atoms with E-state index < -0.39 is 0 Å². The normalized spacial score (nSPS) is 13.7. The maximum absolute atomic E-state index is 2.20. The Bertz CT molecular complexity index is 116. The molecule has 0 heterocycles. The zero-order valence-electron chi connectivity index (χ0n) is 6.81. The molecule has 0 saturated carbocycles. The lowest BCUT2D eigenvalue weighted by molar-refractivity contribution is 0.789. The highest BCUT2D eigenvalue weighted by molar-refractivity contribution is 5.18. The van der Waals surface area contributed by atoms with E-state index in [0.717, 1.165) is 0 Å². The first-order valence-corrected chi connectivity index (χ1v) is 3.51. The molecule has 9 heavy (non-hydrogen) atoms. The molecule has 0 heteroatoms. The van der Waals surface area contributed by atoms with Crippen LogP contribution in [0.2, 0.25) is 0 Å². The van der Waals surface area contributed by atoms with E-state index in [4.69, 9.17) is 0 Å². The summed E-state index contributed by atoms with van der Waals surface area (Å²) < 4.78 is 0. The van der Waals surface area contributed by atoms with Crippen LogP contribution in [-0.4, -0.2) is 0 Å². The van der Waals surface area contributed by atoms with Crippen molar-refractivity contribution in [3.63, 3.8) is 0 Å². The quantitative estimate of drug-likeness (QED) is 0.496. The molecule has 0 aliphatic rings. The summed E-state index contributed by atoms with van der Waals surface area (Å²) in [4.78, 5) is 0. The van der Waals surface area contributed by atoms with Crippen LogP contribution in [0.1, 0.15) is 27.7 Å². The first kappa shape index (κ1) is 8.48. The third-order valence-electron chi connectivity index (χ3n) is 1.36. The van der Waals surface area contributed by atoms with Gasteiger partial charge in [-0.15, -0.1) is 0 Å². The van der Waals surface area contributed by atoms with Crippen molar-refractivity contribution in [2.24, 2.45) is 5.92 Å². The highest BCUT2D eigenvalue weighted by Crippen LogP contribution is 2.09. The van der Waals surface area contributed by atoms with Crippen molar-refractivity contribution in [3.8, 4) is 0 Å². The van der Waals surface area contributed by atoms with Crippen molar-refractivity contribution in [1.29, 1.82) is 0 Å². The van der Waals surface area contributed by atoms with E-state index in [1.807, 2.05) is 6.92 Å². The minimum absolute atomic E-state index is 0.659. The fourth-order valence-corrected chi connectivity index (χ4v) is 0.814. The SMILES string of the molecule is C/C=C\C(=C\C)C(C)C. The lowest BCUT2D eigenvalue weighted by Crippen LogP contribution is -1.88. The topological polar surface area (TPSA) is 0 Å². The smallest absolute Gasteiger partial charge is 0.0222 e. The number of allylic oxidation sites excluding steroid dienone is 4. The van der Waals surface area contributed by atoms with Gasteiger partial charge < -0.3 is 0 Å². The highest BCUT2D eigenvalue weighted by Gasteiger charge is 1.94. The Morgan fingerprint density at radius 3 is 1.89 bits per heavy atom. The van der Waals surface area contributed by atoms with E-state index in [-0.39, 0.29) is 0 Å². The maximum atomic E-state index is 2.20.